The van der Waals surface area contributed by atoms with Crippen LogP contribution in [-0.4, -0.2) is 26.9 Å². The summed E-state index contributed by atoms with van der Waals surface area (Å²) >= 11 is 0. The molecule has 7 heteroatoms. The zero-order valence-electron chi connectivity index (χ0n) is 15.9. The summed E-state index contributed by atoms with van der Waals surface area (Å²) in [6.07, 6.45) is 0.671. The van der Waals surface area contributed by atoms with Gasteiger partial charge in [0.2, 0.25) is 0 Å². The standard InChI is InChI=1S/C18H26N4O3/c1-9-8-13-15(20-22(7)16(13)12(4)24-9)17(23)19-18(5,6)14-10(2)21-25-11(14)3/h9,12H,8H2,1-7H3,(H,19,23)/t9-,12+/m1/s1. The van der Waals surface area contributed by atoms with Crippen molar-refractivity contribution < 1.29 is 14.1 Å². The number of rotatable bonds is 3. The van der Waals surface area contributed by atoms with E-state index in [0.29, 0.717) is 17.9 Å². The molecule has 0 bridgehead atoms. The van der Waals surface area contributed by atoms with Crippen LogP contribution >= 0.6 is 0 Å². The lowest BCUT2D eigenvalue weighted by molar-refractivity contribution is -0.00903. The Morgan fingerprint density at radius 3 is 2.60 bits per heavy atom. The molecule has 0 fully saturated rings. The van der Waals surface area contributed by atoms with Gasteiger partial charge < -0.3 is 14.6 Å². The van der Waals surface area contributed by atoms with Gasteiger partial charge in [-0.3, -0.25) is 9.48 Å². The van der Waals surface area contributed by atoms with Gasteiger partial charge in [-0.15, -0.1) is 0 Å². The summed E-state index contributed by atoms with van der Waals surface area (Å²) in [7, 11) is 1.85. The molecular formula is C18H26N4O3. The Morgan fingerprint density at radius 2 is 2.00 bits per heavy atom. The summed E-state index contributed by atoms with van der Waals surface area (Å²) in [5.41, 5.74) is 3.48. The number of nitrogens with zero attached hydrogens (tertiary/aromatic N) is 3. The van der Waals surface area contributed by atoms with Crippen molar-refractivity contribution in [3.63, 3.8) is 0 Å². The highest BCUT2D eigenvalue weighted by Crippen LogP contribution is 2.32. The molecule has 3 rings (SSSR count). The second-order valence-corrected chi connectivity index (χ2v) is 7.41. The summed E-state index contributed by atoms with van der Waals surface area (Å²) < 4.78 is 12.9. The van der Waals surface area contributed by atoms with Gasteiger partial charge in [-0.2, -0.15) is 5.10 Å². The minimum atomic E-state index is -0.613. The molecule has 0 aromatic carbocycles. The number of aryl methyl sites for hydroxylation is 3. The largest absolute Gasteiger partial charge is 0.369 e. The molecule has 1 aliphatic rings. The molecule has 0 saturated heterocycles. The lowest BCUT2D eigenvalue weighted by atomic mass is 9.92. The molecule has 7 nitrogen and oxygen atoms in total. The molecule has 2 atom stereocenters. The number of aromatic nitrogens is 3. The van der Waals surface area contributed by atoms with Gasteiger partial charge in [-0.05, 0) is 41.5 Å². The van der Waals surface area contributed by atoms with Crippen molar-refractivity contribution in [3.05, 3.63) is 34.0 Å². The second kappa shape index (κ2) is 5.98. The number of hydrogen-bond acceptors (Lipinski definition) is 5. The monoisotopic (exact) mass is 346 g/mol. The van der Waals surface area contributed by atoms with Gasteiger partial charge in [0.05, 0.1) is 29.1 Å². The van der Waals surface area contributed by atoms with E-state index in [1.807, 2.05) is 48.6 Å². The molecule has 3 heterocycles. The molecule has 0 radical (unpaired) electrons. The SMILES string of the molecule is Cc1noc(C)c1C(C)(C)NC(=O)c1nn(C)c2c1C[C@@H](C)O[C@H]2C. The Labute approximate surface area is 147 Å². The third-order valence-corrected chi connectivity index (χ3v) is 4.81. The Bertz CT molecular complexity index is 799. The van der Waals surface area contributed by atoms with Crippen LogP contribution in [0.4, 0.5) is 0 Å². The van der Waals surface area contributed by atoms with E-state index in [1.54, 1.807) is 4.68 Å². The number of amides is 1. The molecule has 2 aromatic rings. The zero-order valence-corrected chi connectivity index (χ0v) is 15.9. The van der Waals surface area contributed by atoms with Gasteiger partial charge in [-0.25, -0.2) is 0 Å². The van der Waals surface area contributed by atoms with E-state index < -0.39 is 5.54 Å². The first-order valence-corrected chi connectivity index (χ1v) is 8.59. The Kier molecular flexibility index (Phi) is 4.23. The fourth-order valence-electron chi connectivity index (χ4n) is 4.00. The smallest absolute Gasteiger partial charge is 0.272 e. The topological polar surface area (TPSA) is 82.2 Å². The van der Waals surface area contributed by atoms with E-state index in [4.69, 9.17) is 9.26 Å². The molecule has 0 aliphatic carbocycles. The van der Waals surface area contributed by atoms with Crippen molar-refractivity contribution in [2.45, 2.75) is 65.7 Å². The highest BCUT2D eigenvalue weighted by atomic mass is 16.5. The van der Waals surface area contributed by atoms with Crippen LogP contribution < -0.4 is 5.32 Å². The molecule has 0 unspecified atom stereocenters. The fraction of sp³-hybridized carbons (Fsp3) is 0.611. The van der Waals surface area contributed by atoms with Crippen LogP contribution in [-0.2, 0) is 23.7 Å². The summed E-state index contributed by atoms with van der Waals surface area (Å²) in [5.74, 6) is 0.518. The molecule has 1 aliphatic heterocycles. The summed E-state index contributed by atoms with van der Waals surface area (Å²) in [6, 6.07) is 0. The summed E-state index contributed by atoms with van der Waals surface area (Å²) in [6.45, 7) is 11.6. The van der Waals surface area contributed by atoms with Crippen molar-refractivity contribution >= 4 is 5.91 Å². The fourth-order valence-corrected chi connectivity index (χ4v) is 4.00. The first-order valence-electron chi connectivity index (χ1n) is 8.59. The third kappa shape index (κ3) is 2.97. The van der Waals surface area contributed by atoms with E-state index in [2.05, 4.69) is 15.6 Å². The molecule has 136 valence electrons. The van der Waals surface area contributed by atoms with Crippen LogP contribution in [0.5, 0.6) is 0 Å². The Morgan fingerprint density at radius 1 is 1.32 bits per heavy atom. The summed E-state index contributed by atoms with van der Waals surface area (Å²) in [4.78, 5) is 13.0. The normalized spacial score (nSPS) is 20.4. The highest BCUT2D eigenvalue weighted by molar-refractivity contribution is 5.94. The maximum Gasteiger partial charge on any atom is 0.272 e. The zero-order chi connectivity index (χ0) is 18.5. The van der Waals surface area contributed by atoms with E-state index in [0.717, 1.165) is 22.5 Å². The number of fused-ring (bicyclic) bond motifs is 1. The molecule has 1 N–H and O–H groups in total. The summed E-state index contributed by atoms with van der Waals surface area (Å²) in [5, 5.41) is 11.6. The lowest BCUT2D eigenvalue weighted by Gasteiger charge is -2.28. The number of carbonyl (C=O) groups is 1. The Balaban J connectivity index is 1.94. The van der Waals surface area contributed by atoms with E-state index >= 15 is 0 Å². The van der Waals surface area contributed by atoms with Crippen molar-refractivity contribution in [2.75, 3.05) is 0 Å². The van der Waals surface area contributed by atoms with Crippen molar-refractivity contribution in [1.29, 1.82) is 0 Å². The van der Waals surface area contributed by atoms with Crippen LogP contribution in [0, 0.1) is 13.8 Å². The van der Waals surface area contributed by atoms with Crippen molar-refractivity contribution in [1.82, 2.24) is 20.3 Å². The number of nitrogens with one attached hydrogen (secondary N) is 1. The van der Waals surface area contributed by atoms with Gasteiger partial charge >= 0.3 is 0 Å². The lowest BCUT2D eigenvalue weighted by Crippen LogP contribution is -2.42. The van der Waals surface area contributed by atoms with Gasteiger partial charge in [0, 0.05) is 24.6 Å². The average molecular weight is 346 g/mol. The van der Waals surface area contributed by atoms with Gasteiger partial charge in [-0.1, -0.05) is 5.16 Å². The van der Waals surface area contributed by atoms with Gasteiger partial charge in [0.1, 0.15) is 5.76 Å². The molecule has 1 amide bonds. The van der Waals surface area contributed by atoms with Crippen LogP contribution in [0.2, 0.25) is 0 Å². The maximum atomic E-state index is 13.0. The van der Waals surface area contributed by atoms with Crippen LogP contribution in [0.15, 0.2) is 4.52 Å². The van der Waals surface area contributed by atoms with E-state index in [-0.39, 0.29) is 18.1 Å². The van der Waals surface area contributed by atoms with Gasteiger partial charge in [0.15, 0.2) is 5.69 Å². The Hall–Kier alpha value is -2.15. The predicted molar refractivity (Wildman–Crippen MR) is 92.3 cm³/mol. The molecular weight excluding hydrogens is 320 g/mol. The van der Waals surface area contributed by atoms with E-state index in [1.165, 1.54) is 0 Å². The minimum Gasteiger partial charge on any atom is -0.369 e. The van der Waals surface area contributed by atoms with Crippen LogP contribution in [0.1, 0.15) is 72.6 Å². The molecule has 25 heavy (non-hydrogen) atoms. The molecule has 0 saturated carbocycles. The maximum absolute atomic E-state index is 13.0. The second-order valence-electron chi connectivity index (χ2n) is 7.41. The van der Waals surface area contributed by atoms with Crippen molar-refractivity contribution in [3.8, 4) is 0 Å². The third-order valence-electron chi connectivity index (χ3n) is 4.81. The molecule has 0 spiro atoms. The predicted octanol–water partition coefficient (Wildman–Crippen LogP) is 2.71. The first-order chi connectivity index (χ1) is 11.6. The quantitative estimate of drug-likeness (QED) is 0.924. The number of ether oxygens (including phenoxy) is 1. The van der Waals surface area contributed by atoms with Crippen LogP contribution in [0.25, 0.3) is 0 Å². The molecule has 2 aromatic heterocycles. The van der Waals surface area contributed by atoms with Crippen molar-refractivity contribution in [2.24, 2.45) is 7.05 Å². The number of carbonyl (C=O) groups excluding carboxylic acids is 1. The highest BCUT2D eigenvalue weighted by Gasteiger charge is 2.35. The number of hydrogen-bond donors (Lipinski definition) is 1. The van der Waals surface area contributed by atoms with E-state index in [9.17, 15) is 4.79 Å². The average Bonchev–Trinajstić information content (AvgIpc) is 2.99. The minimum absolute atomic E-state index is 0.0637. The van der Waals surface area contributed by atoms with Crippen LogP contribution in [0.3, 0.4) is 0 Å². The van der Waals surface area contributed by atoms with Gasteiger partial charge in [0.25, 0.3) is 5.91 Å². The first kappa shape index (κ1) is 17.7.